The van der Waals surface area contributed by atoms with Crippen LogP contribution in [0.1, 0.15) is 41.5 Å². The van der Waals surface area contributed by atoms with Crippen molar-refractivity contribution in [3.63, 3.8) is 0 Å². The van der Waals surface area contributed by atoms with E-state index in [1.165, 1.54) is 39.3 Å². The Kier molecular flexibility index (Phi) is 9.07. The molecule has 0 heterocycles. The van der Waals surface area contributed by atoms with Crippen molar-refractivity contribution in [3.05, 3.63) is 0 Å². The van der Waals surface area contributed by atoms with Gasteiger partial charge in [0.1, 0.15) is 0 Å². The van der Waals surface area contributed by atoms with Gasteiger partial charge in [0.25, 0.3) is 0 Å². The molecule has 0 aromatic carbocycles. The van der Waals surface area contributed by atoms with Gasteiger partial charge >= 0.3 is 114 Å². The summed E-state index contributed by atoms with van der Waals surface area (Å²) in [7, 11) is 0. The summed E-state index contributed by atoms with van der Waals surface area (Å²) in [6, 6.07) is 0. The zero-order valence-electron chi connectivity index (χ0n) is 13.1. The van der Waals surface area contributed by atoms with E-state index in [1.807, 2.05) is 0 Å². The van der Waals surface area contributed by atoms with E-state index in [2.05, 4.69) is 55.8 Å². The molecular formula is C13H33N3Sn. The van der Waals surface area contributed by atoms with E-state index in [0.717, 1.165) is 0 Å². The van der Waals surface area contributed by atoms with Gasteiger partial charge in [0.2, 0.25) is 0 Å². The number of nitrogens with zero attached hydrogens (tertiary/aromatic N) is 3. The molecule has 0 unspecified atom stereocenters. The summed E-state index contributed by atoms with van der Waals surface area (Å²) in [5.74, 6) is 0. The fraction of sp³-hybridized carbons (Fsp3) is 1.00. The van der Waals surface area contributed by atoms with Crippen LogP contribution >= 0.6 is 0 Å². The van der Waals surface area contributed by atoms with E-state index in [-0.39, 0.29) is 0 Å². The van der Waals surface area contributed by atoms with Crippen LogP contribution in [0, 0.1) is 0 Å². The molecule has 0 fully saturated rings. The zero-order chi connectivity index (χ0) is 13.5. The van der Waals surface area contributed by atoms with Gasteiger partial charge in [-0.1, -0.05) is 0 Å². The van der Waals surface area contributed by atoms with E-state index >= 15 is 0 Å². The van der Waals surface area contributed by atoms with Gasteiger partial charge < -0.3 is 0 Å². The van der Waals surface area contributed by atoms with E-state index in [0.29, 0.717) is 0 Å². The predicted octanol–water partition coefficient (Wildman–Crippen LogP) is 2.58. The normalized spacial score (nSPS) is 13.1. The summed E-state index contributed by atoms with van der Waals surface area (Å²) < 4.78 is 8.32. The average Bonchev–Trinajstić information content (AvgIpc) is 2.33. The van der Waals surface area contributed by atoms with Gasteiger partial charge in [-0.3, -0.25) is 0 Å². The Balaban J connectivity index is 5.29. The molecule has 4 heteroatoms. The van der Waals surface area contributed by atoms with Crippen molar-refractivity contribution >= 4 is 19.2 Å². The molecule has 0 aromatic heterocycles. The average molecular weight is 350 g/mol. The molecule has 0 spiro atoms. The van der Waals surface area contributed by atoms with E-state index in [9.17, 15) is 0 Å². The minimum atomic E-state index is -2.50. The number of hydrogen-bond donors (Lipinski definition) is 0. The van der Waals surface area contributed by atoms with Crippen molar-refractivity contribution in [3.8, 4) is 0 Å². The van der Waals surface area contributed by atoms with Crippen LogP contribution in [-0.4, -0.2) is 67.8 Å². The second-order valence-electron chi connectivity index (χ2n) is 4.49. The molecule has 0 aliphatic heterocycles. The summed E-state index contributed by atoms with van der Waals surface area (Å²) >= 11 is -2.50. The van der Waals surface area contributed by atoms with Crippen molar-refractivity contribution in [2.24, 2.45) is 0 Å². The first-order valence-electron chi connectivity index (χ1n) is 7.31. The second kappa shape index (κ2) is 8.72. The molecule has 0 radical (unpaired) electrons. The van der Waals surface area contributed by atoms with Crippen LogP contribution in [0.5, 0.6) is 0 Å². The molecule has 104 valence electrons. The van der Waals surface area contributed by atoms with Crippen molar-refractivity contribution in [1.82, 2.24) is 9.36 Å². The van der Waals surface area contributed by atoms with E-state index in [4.69, 9.17) is 0 Å². The van der Waals surface area contributed by atoms with Crippen molar-refractivity contribution in [2.45, 2.75) is 46.5 Å². The second-order valence-corrected chi connectivity index (χ2v) is 15.4. The Morgan fingerprint density at radius 2 is 0.706 bits per heavy atom. The van der Waals surface area contributed by atoms with Crippen LogP contribution in [0.3, 0.4) is 0 Å². The van der Waals surface area contributed by atoms with Crippen molar-refractivity contribution in [2.75, 3.05) is 39.3 Å². The molecule has 0 rings (SSSR count). The van der Waals surface area contributed by atoms with E-state index in [1.54, 1.807) is 0 Å². The molecule has 0 atom stereocenters. The monoisotopic (exact) mass is 351 g/mol. The molecule has 0 saturated heterocycles. The van der Waals surface area contributed by atoms with E-state index < -0.39 is 19.2 Å². The summed E-state index contributed by atoms with van der Waals surface area (Å²) in [6.45, 7) is 21.0. The van der Waals surface area contributed by atoms with Crippen LogP contribution < -0.4 is 0 Å². The summed E-state index contributed by atoms with van der Waals surface area (Å²) in [5, 5.41) is 0. The predicted molar refractivity (Wildman–Crippen MR) is 80.4 cm³/mol. The van der Waals surface area contributed by atoms with Gasteiger partial charge in [0.05, 0.1) is 0 Å². The molecule has 0 aliphatic carbocycles. The topological polar surface area (TPSA) is 9.72 Å². The first kappa shape index (κ1) is 17.7. The van der Waals surface area contributed by atoms with Crippen LogP contribution in [0.15, 0.2) is 0 Å². The number of hydrogen-bond acceptors (Lipinski definition) is 3. The third-order valence-electron chi connectivity index (χ3n) is 4.09. The fourth-order valence-electron chi connectivity index (χ4n) is 3.07. The van der Waals surface area contributed by atoms with Gasteiger partial charge in [-0.15, -0.1) is 0 Å². The summed E-state index contributed by atoms with van der Waals surface area (Å²) in [4.78, 5) is 2.58. The van der Waals surface area contributed by atoms with Crippen molar-refractivity contribution in [1.29, 1.82) is 0 Å². The van der Waals surface area contributed by atoms with Crippen LogP contribution in [0.4, 0.5) is 0 Å². The zero-order valence-corrected chi connectivity index (χ0v) is 15.9. The molecule has 0 aromatic rings. The summed E-state index contributed by atoms with van der Waals surface area (Å²) in [6.07, 6.45) is 0. The SMILES string of the molecule is CC[N](CC)[Sn]([CH3])([N](CC)CC)[N](CC)CC. The Labute approximate surface area is 114 Å². The first-order valence-corrected chi connectivity index (χ1v) is 14.0. The van der Waals surface area contributed by atoms with Crippen LogP contribution in [0.25, 0.3) is 0 Å². The Morgan fingerprint density at radius 3 is 0.824 bits per heavy atom. The maximum absolute atomic E-state index is 2.77. The quantitative estimate of drug-likeness (QED) is 0.592. The molecular weight excluding hydrogens is 317 g/mol. The summed E-state index contributed by atoms with van der Waals surface area (Å²) in [5.41, 5.74) is 0. The fourth-order valence-corrected chi connectivity index (χ4v) is 16.8. The molecule has 0 amide bonds. The van der Waals surface area contributed by atoms with Gasteiger partial charge in [0.15, 0.2) is 0 Å². The first-order chi connectivity index (χ1) is 8.06. The minimum absolute atomic E-state index is 1.19. The Morgan fingerprint density at radius 1 is 0.529 bits per heavy atom. The Bertz CT molecular complexity index is 156. The van der Waals surface area contributed by atoms with Crippen LogP contribution in [-0.2, 0) is 0 Å². The van der Waals surface area contributed by atoms with Crippen molar-refractivity contribution < 1.29 is 0 Å². The Hall–Kier alpha value is 0.679. The third-order valence-corrected chi connectivity index (χ3v) is 19.8. The standard InChI is InChI=1S/3C4H10N.CH3.Sn/c3*1-3-5-4-2;;/h3*3-4H2,1-2H3;1H3;/q3*-1;;+3. The van der Waals surface area contributed by atoms with Crippen LogP contribution in [0.2, 0.25) is 4.94 Å². The molecule has 17 heavy (non-hydrogen) atoms. The van der Waals surface area contributed by atoms with Gasteiger partial charge in [0, 0.05) is 0 Å². The molecule has 3 nitrogen and oxygen atoms in total. The third kappa shape index (κ3) is 3.82. The number of rotatable bonds is 9. The molecule has 0 N–H and O–H groups in total. The molecule has 0 aliphatic rings. The maximum atomic E-state index is 2.77. The molecule has 0 bridgehead atoms. The van der Waals surface area contributed by atoms with Gasteiger partial charge in [-0.2, -0.15) is 0 Å². The van der Waals surface area contributed by atoms with Gasteiger partial charge in [-0.05, 0) is 0 Å². The van der Waals surface area contributed by atoms with Gasteiger partial charge in [-0.25, -0.2) is 0 Å². The molecule has 0 saturated carbocycles.